The monoisotopic (exact) mass is 1050 g/mol. The molecule has 21 nitrogen and oxygen atoms in total. The number of halogens is 2. The fourth-order valence-corrected chi connectivity index (χ4v) is 8.04. The molecule has 23 heteroatoms. The normalized spacial score (nSPS) is 16.0. The van der Waals surface area contributed by atoms with Gasteiger partial charge in [0, 0.05) is 75.5 Å². The number of carbonyl (C=O) groups is 7. The molecule has 1 aliphatic heterocycles. The molecule has 71 heavy (non-hydrogen) atoms. The smallest absolute Gasteiger partial charge is 0.320 e. The predicted molar refractivity (Wildman–Crippen MR) is 257 cm³/mol. The first-order valence-electron chi connectivity index (χ1n) is 23.5. The van der Waals surface area contributed by atoms with Gasteiger partial charge in [0.2, 0.25) is 17.7 Å². The standard InChI is InChI=1S/C48H59BrFN9O12/c1-29(60)45-37-21-31(6-11-39(37)59(57-45)26-44(64)58-25-33(50)22-40(58)47(65)56-46-36(30-4-5-30)9-12-41(49)55-46)32-23-53-42(54-24-32)13-8-35(62)27-70-19-18-69-16-14-52-43(63)28-71-20-17-68-15-2-3-34(61)7-10-38(51)48(66)67/h6,9,11-12,21,23-24,30,33,38,40H,2-5,7-8,10,13-20,22,25-28,51H2,1H3,(H,52,63)(H,66,67)(H,55,56,65)/t33-,38+,40+/m1/s1. The minimum absolute atomic E-state index is 0.0747. The SMILES string of the molecule is CC(=O)c1nn(CC(=O)N2C[C@H](F)C[C@H]2C(=O)Nc2nc(Br)ccc2C2CC2)c2ccc(-c3cnc(CCC(=O)COCCOCCNC(=O)COCCOCCCC(=O)CC[C@H](N)C(=O)O)nc3)cc12. The number of aromatic nitrogens is 5. The van der Waals surface area contributed by atoms with Crippen LogP contribution in [-0.2, 0) is 60.7 Å². The van der Waals surface area contributed by atoms with E-state index in [0.717, 1.165) is 18.4 Å². The van der Waals surface area contributed by atoms with Gasteiger partial charge in [-0.1, -0.05) is 12.1 Å². The molecule has 3 atom stereocenters. The Hall–Kier alpha value is -5.98. The molecule has 0 radical (unpaired) electrons. The second-order valence-corrected chi connectivity index (χ2v) is 18.1. The molecule has 4 aromatic rings. The number of ether oxygens (including phenoxy) is 4. The molecule has 3 aromatic heterocycles. The van der Waals surface area contributed by atoms with Crippen molar-refractivity contribution in [2.24, 2.45) is 5.73 Å². The van der Waals surface area contributed by atoms with E-state index < -0.39 is 36.0 Å². The summed E-state index contributed by atoms with van der Waals surface area (Å²) in [5, 5.41) is 19.2. The molecule has 1 saturated heterocycles. The van der Waals surface area contributed by atoms with Crippen LogP contribution >= 0.6 is 15.9 Å². The summed E-state index contributed by atoms with van der Waals surface area (Å²) in [6.07, 6.45) is 5.04. The number of fused-ring (bicyclic) bond motifs is 1. The van der Waals surface area contributed by atoms with Crippen molar-refractivity contribution in [2.45, 2.75) is 95.4 Å². The molecule has 2 fully saturated rings. The van der Waals surface area contributed by atoms with Crippen LogP contribution in [-0.4, -0.2) is 160 Å². The summed E-state index contributed by atoms with van der Waals surface area (Å²) in [6.45, 7) is 2.16. The minimum atomic E-state index is -1.40. The maximum absolute atomic E-state index is 14.9. The molecule has 2 aliphatic rings. The number of benzene rings is 1. The van der Waals surface area contributed by atoms with Crippen LogP contribution in [0.2, 0.25) is 0 Å². The molecule has 1 saturated carbocycles. The number of aliphatic carboxylic acids is 1. The number of pyridine rings is 1. The number of likely N-dealkylation sites (tertiary alicyclic amines) is 1. The number of carboxylic acid groups (broad SMARTS) is 1. The highest BCUT2D eigenvalue weighted by Crippen LogP contribution is 2.43. The Balaban J connectivity index is 0.854. The highest BCUT2D eigenvalue weighted by Gasteiger charge is 2.41. The van der Waals surface area contributed by atoms with Gasteiger partial charge >= 0.3 is 5.97 Å². The highest BCUT2D eigenvalue weighted by atomic mass is 79.9. The van der Waals surface area contributed by atoms with Gasteiger partial charge in [-0.25, -0.2) is 19.3 Å². The summed E-state index contributed by atoms with van der Waals surface area (Å²) in [5.74, 6) is -1.92. The maximum Gasteiger partial charge on any atom is 0.320 e. The molecule has 3 amide bonds. The molecule has 4 heterocycles. The van der Waals surface area contributed by atoms with Crippen LogP contribution in [0.25, 0.3) is 22.0 Å². The highest BCUT2D eigenvalue weighted by molar-refractivity contribution is 9.10. The molecule has 0 bridgehead atoms. The molecule has 6 rings (SSSR count). The fourth-order valence-electron chi connectivity index (χ4n) is 7.73. The average Bonchev–Trinajstić information content (AvgIpc) is 4.01. The van der Waals surface area contributed by atoms with Crippen LogP contribution in [0, 0.1) is 0 Å². The first-order chi connectivity index (χ1) is 34.2. The lowest BCUT2D eigenvalue weighted by molar-refractivity contribution is -0.139. The van der Waals surface area contributed by atoms with E-state index >= 15 is 0 Å². The Morgan fingerprint density at radius 3 is 2.32 bits per heavy atom. The molecular weight excluding hydrogens is 993 g/mol. The number of hydrogen-bond donors (Lipinski definition) is 4. The van der Waals surface area contributed by atoms with E-state index in [1.807, 2.05) is 12.1 Å². The van der Waals surface area contributed by atoms with Gasteiger partial charge in [-0.2, -0.15) is 5.10 Å². The van der Waals surface area contributed by atoms with Crippen LogP contribution in [0.1, 0.15) is 86.1 Å². The zero-order valence-corrected chi connectivity index (χ0v) is 41.0. The van der Waals surface area contributed by atoms with Crippen LogP contribution < -0.4 is 16.4 Å². The quantitative estimate of drug-likeness (QED) is 0.0319. The number of ketones is 3. The second-order valence-electron chi connectivity index (χ2n) is 17.3. The van der Waals surface area contributed by atoms with Crippen molar-refractivity contribution in [1.29, 1.82) is 0 Å². The van der Waals surface area contributed by atoms with Crippen LogP contribution in [0.15, 0.2) is 47.3 Å². The van der Waals surface area contributed by atoms with Gasteiger partial charge in [0.05, 0.1) is 45.1 Å². The number of nitrogens with zero attached hydrogens (tertiary/aromatic N) is 6. The van der Waals surface area contributed by atoms with Crippen molar-refractivity contribution in [3.63, 3.8) is 0 Å². The van der Waals surface area contributed by atoms with E-state index in [4.69, 9.17) is 29.8 Å². The third-order valence-corrected chi connectivity index (χ3v) is 12.1. The van der Waals surface area contributed by atoms with E-state index in [2.05, 4.69) is 46.6 Å². The van der Waals surface area contributed by atoms with Crippen molar-refractivity contribution in [3.8, 4) is 11.1 Å². The first kappa shape index (κ1) is 54.4. The largest absolute Gasteiger partial charge is 0.480 e. The topological polar surface area (TPSA) is 286 Å². The molecule has 0 unspecified atom stereocenters. The Morgan fingerprint density at radius 2 is 1.61 bits per heavy atom. The fraction of sp³-hybridized carbons (Fsp3) is 0.521. The number of hydrogen-bond acceptors (Lipinski definition) is 16. The van der Waals surface area contributed by atoms with Gasteiger partial charge in [0.1, 0.15) is 65.7 Å². The molecule has 382 valence electrons. The van der Waals surface area contributed by atoms with Crippen molar-refractivity contribution in [1.82, 2.24) is 34.9 Å². The van der Waals surface area contributed by atoms with E-state index in [0.29, 0.717) is 57.2 Å². The Kier molecular flexibility index (Phi) is 20.7. The third-order valence-electron chi connectivity index (χ3n) is 11.7. The molecule has 5 N–H and O–H groups in total. The van der Waals surface area contributed by atoms with Gasteiger partial charge in [-0.15, -0.1) is 0 Å². The predicted octanol–water partition coefficient (Wildman–Crippen LogP) is 3.53. The number of anilines is 1. The Morgan fingerprint density at radius 1 is 0.887 bits per heavy atom. The number of carbonyl (C=O) groups excluding carboxylic acids is 6. The zero-order valence-electron chi connectivity index (χ0n) is 39.4. The lowest BCUT2D eigenvalue weighted by Crippen LogP contribution is -2.44. The van der Waals surface area contributed by atoms with Crippen molar-refractivity contribution < 1.29 is 62.0 Å². The van der Waals surface area contributed by atoms with Gasteiger partial charge in [-0.05, 0) is 76.9 Å². The number of aryl methyl sites for hydroxylation is 1. The van der Waals surface area contributed by atoms with Crippen LogP contribution in [0.5, 0.6) is 0 Å². The molecular formula is C48H59BrFN9O12. The van der Waals surface area contributed by atoms with Crippen LogP contribution in [0.3, 0.4) is 0 Å². The van der Waals surface area contributed by atoms with E-state index in [1.54, 1.807) is 30.6 Å². The molecule has 0 spiro atoms. The van der Waals surface area contributed by atoms with Gasteiger partial charge in [0.15, 0.2) is 11.6 Å². The summed E-state index contributed by atoms with van der Waals surface area (Å²) in [6, 6.07) is 6.87. The number of nitrogens with two attached hydrogens (primary N) is 1. The van der Waals surface area contributed by atoms with Gasteiger partial charge in [-0.3, -0.25) is 38.2 Å². The summed E-state index contributed by atoms with van der Waals surface area (Å²) in [4.78, 5) is 101. The number of alkyl halides is 1. The van der Waals surface area contributed by atoms with Crippen molar-refractivity contribution in [3.05, 3.63) is 64.4 Å². The van der Waals surface area contributed by atoms with Crippen molar-refractivity contribution >= 4 is 73.7 Å². The maximum atomic E-state index is 14.9. The first-order valence-corrected chi connectivity index (χ1v) is 24.3. The number of amides is 3. The Bertz CT molecular complexity index is 2530. The number of Topliss-reactive ketones (excluding diaryl/α,β-unsaturated/α-hetero) is 3. The summed E-state index contributed by atoms with van der Waals surface area (Å²) < 4.78 is 38.3. The summed E-state index contributed by atoms with van der Waals surface area (Å²) >= 11 is 3.35. The summed E-state index contributed by atoms with van der Waals surface area (Å²) in [7, 11) is 0. The minimum Gasteiger partial charge on any atom is -0.480 e. The third kappa shape index (κ3) is 16.8. The van der Waals surface area contributed by atoms with Crippen LogP contribution in [0.4, 0.5) is 10.2 Å². The lowest BCUT2D eigenvalue weighted by atomic mass is 10.0. The number of rotatable bonds is 31. The van der Waals surface area contributed by atoms with Gasteiger partial charge in [0.25, 0.3) is 0 Å². The zero-order chi connectivity index (χ0) is 50.9. The van der Waals surface area contributed by atoms with E-state index in [9.17, 15) is 38.0 Å². The van der Waals surface area contributed by atoms with Crippen molar-refractivity contribution in [2.75, 3.05) is 71.3 Å². The second kappa shape index (κ2) is 27.0. The van der Waals surface area contributed by atoms with E-state index in [-0.39, 0.29) is 133 Å². The Labute approximate surface area is 417 Å². The number of nitrogens with one attached hydrogen (secondary N) is 2. The summed E-state index contributed by atoms with van der Waals surface area (Å²) in [5.41, 5.74) is 8.25. The average molecular weight is 1050 g/mol. The molecule has 1 aromatic carbocycles. The van der Waals surface area contributed by atoms with E-state index in [1.165, 1.54) is 16.5 Å². The lowest BCUT2D eigenvalue weighted by Gasteiger charge is -2.24. The number of carboxylic acids is 1. The van der Waals surface area contributed by atoms with Gasteiger partial charge < -0.3 is 45.3 Å². The molecule has 1 aliphatic carbocycles.